The molecule has 0 atom stereocenters. The number of ether oxygens (including phenoxy) is 1. The lowest BCUT2D eigenvalue weighted by molar-refractivity contribution is 0.0692. The van der Waals surface area contributed by atoms with Gasteiger partial charge in [0.2, 0.25) is 0 Å². The molecule has 0 spiro atoms. The third-order valence-electron chi connectivity index (χ3n) is 2.39. The summed E-state index contributed by atoms with van der Waals surface area (Å²) in [4.78, 5) is 10.8. The second kappa shape index (κ2) is 5.43. The van der Waals surface area contributed by atoms with Crippen LogP contribution in [-0.2, 0) is 0 Å². The maximum atomic E-state index is 13.6. The van der Waals surface area contributed by atoms with Crippen LogP contribution in [0.4, 0.5) is 10.1 Å². The Morgan fingerprint density at radius 2 is 1.95 bits per heavy atom. The summed E-state index contributed by atoms with van der Waals surface area (Å²) in [6, 6.07) is 9.17. The molecule has 4 nitrogen and oxygen atoms in total. The lowest BCUT2D eigenvalue weighted by atomic mass is 10.1. The van der Waals surface area contributed by atoms with Crippen molar-refractivity contribution in [1.29, 1.82) is 0 Å². The zero-order valence-corrected chi connectivity index (χ0v) is 11.7. The highest BCUT2D eigenvalue weighted by atomic mass is 127. The molecule has 3 N–H and O–H groups in total. The van der Waals surface area contributed by atoms with Gasteiger partial charge in [0, 0.05) is 6.07 Å². The minimum absolute atomic E-state index is 0.0680. The highest BCUT2D eigenvalue weighted by Gasteiger charge is 2.15. The van der Waals surface area contributed by atoms with Gasteiger partial charge in [-0.25, -0.2) is 9.18 Å². The molecule has 0 aliphatic heterocycles. The van der Waals surface area contributed by atoms with Crippen LogP contribution < -0.4 is 10.5 Å². The van der Waals surface area contributed by atoms with Crippen molar-refractivity contribution in [2.45, 2.75) is 0 Å². The number of hydrogen-bond acceptors (Lipinski definition) is 3. The molecule has 0 aliphatic carbocycles. The fourth-order valence-electron chi connectivity index (χ4n) is 1.47. The molecule has 2 rings (SSSR count). The van der Waals surface area contributed by atoms with E-state index in [0.29, 0.717) is 5.75 Å². The number of para-hydroxylation sites is 1. The summed E-state index contributed by atoms with van der Waals surface area (Å²) < 4.78 is 19.9. The molecule has 6 heteroatoms. The normalized spacial score (nSPS) is 10.2. The van der Waals surface area contributed by atoms with E-state index in [1.54, 1.807) is 12.1 Å². The molecule has 2 aromatic rings. The highest BCUT2D eigenvalue weighted by molar-refractivity contribution is 14.1. The first-order valence-corrected chi connectivity index (χ1v) is 6.31. The Bertz CT molecular complexity index is 646. The number of nitrogen functional groups attached to an aromatic ring is 1. The van der Waals surface area contributed by atoms with Gasteiger partial charge in [0.15, 0.2) is 5.75 Å². The zero-order valence-electron chi connectivity index (χ0n) is 9.56. The standard InChI is InChI=1S/C13H9FINO3/c14-8-6-12(10(16)5-7(8)13(17)18)19-11-4-2-1-3-9(11)15/h1-6H,16H2,(H,17,18). The van der Waals surface area contributed by atoms with Gasteiger partial charge in [0.1, 0.15) is 11.6 Å². The summed E-state index contributed by atoms with van der Waals surface area (Å²) in [5.41, 5.74) is 5.26. The van der Waals surface area contributed by atoms with Gasteiger partial charge >= 0.3 is 5.97 Å². The number of rotatable bonds is 3. The Kier molecular flexibility index (Phi) is 3.89. The van der Waals surface area contributed by atoms with Crippen LogP contribution in [0.3, 0.4) is 0 Å². The van der Waals surface area contributed by atoms with Gasteiger partial charge in [-0.1, -0.05) is 12.1 Å². The topological polar surface area (TPSA) is 72.6 Å². The molecule has 0 amide bonds. The van der Waals surface area contributed by atoms with Crippen molar-refractivity contribution >= 4 is 34.2 Å². The van der Waals surface area contributed by atoms with Gasteiger partial charge in [-0.2, -0.15) is 0 Å². The van der Waals surface area contributed by atoms with E-state index in [9.17, 15) is 9.18 Å². The van der Waals surface area contributed by atoms with Crippen molar-refractivity contribution in [3.05, 3.63) is 51.3 Å². The monoisotopic (exact) mass is 373 g/mol. The lowest BCUT2D eigenvalue weighted by Crippen LogP contribution is -2.03. The molecule has 0 aromatic heterocycles. The summed E-state index contributed by atoms with van der Waals surface area (Å²) in [5, 5.41) is 8.78. The number of hydrogen-bond donors (Lipinski definition) is 2. The molecule has 0 heterocycles. The van der Waals surface area contributed by atoms with Crippen LogP contribution in [-0.4, -0.2) is 11.1 Å². The molecule has 0 fully saturated rings. The van der Waals surface area contributed by atoms with Crippen molar-refractivity contribution in [2.75, 3.05) is 5.73 Å². The van der Waals surface area contributed by atoms with Crippen LogP contribution in [0.1, 0.15) is 10.4 Å². The Morgan fingerprint density at radius 1 is 1.26 bits per heavy atom. The summed E-state index contributed by atoms with van der Waals surface area (Å²) in [6.07, 6.45) is 0. The molecule has 0 saturated carbocycles. The Labute approximate surface area is 122 Å². The van der Waals surface area contributed by atoms with Crippen molar-refractivity contribution in [3.8, 4) is 11.5 Å². The second-order valence-corrected chi connectivity index (χ2v) is 4.87. The Hall–Kier alpha value is -1.83. The maximum Gasteiger partial charge on any atom is 0.338 e. The van der Waals surface area contributed by atoms with E-state index in [0.717, 1.165) is 15.7 Å². The second-order valence-electron chi connectivity index (χ2n) is 3.71. The largest absolute Gasteiger partial charge is 0.478 e. The number of carboxylic acids is 1. The minimum atomic E-state index is -1.37. The molecule has 0 radical (unpaired) electrons. The number of carboxylic acid groups (broad SMARTS) is 1. The Morgan fingerprint density at radius 3 is 2.58 bits per heavy atom. The van der Waals surface area contributed by atoms with Crippen LogP contribution in [0.15, 0.2) is 36.4 Å². The van der Waals surface area contributed by atoms with Crippen LogP contribution in [0.5, 0.6) is 11.5 Å². The molecule has 0 bridgehead atoms. The van der Waals surface area contributed by atoms with Crippen molar-refractivity contribution in [3.63, 3.8) is 0 Å². The number of nitrogens with two attached hydrogens (primary N) is 1. The van der Waals surface area contributed by atoms with E-state index in [-0.39, 0.29) is 11.4 Å². The predicted molar refractivity (Wildman–Crippen MR) is 77.0 cm³/mol. The molecule has 0 saturated heterocycles. The summed E-state index contributed by atoms with van der Waals surface area (Å²) in [5.74, 6) is -1.64. The number of anilines is 1. The first-order valence-electron chi connectivity index (χ1n) is 5.23. The van der Waals surface area contributed by atoms with E-state index < -0.39 is 17.3 Å². The fourth-order valence-corrected chi connectivity index (χ4v) is 1.97. The zero-order chi connectivity index (χ0) is 14.0. The Balaban J connectivity index is 2.39. The van der Waals surface area contributed by atoms with Crippen LogP contribution in [0.2, 0.25) is 0 Å². The van der Waals surface area contributed by atoms with Gasteiger partial charge < -0.3 is 15.6 Å². The first-order chi connectivity index (χ1) is 8.99. The van der Waals surface area contributed by atoms with Crippen molar-refractivity contribution < 1.29 is 19.0 Å². The van der Waals surface area contributed by atoms with Crippen LogP contribution in [0.25, 0.3) is 0 Å². The third-order valence-corrected chi connectivity index (χ3v) is 3.28. The number of aromatic carboxylic acids is 1. The van der Waals surface area contributed by atoms with Crippen molar-refractivity contribution in [1.82, 2.24) is 0 Å². The summed E-state index contributed by atoms with van der Waals surface area (Å²) in [6.45, 7) is 0. The third kappa shape index (κ3) is 2.95. The fraction of sp³-hybridized carbons (Fsp3) is 0. The first kappa shape index (κ1) is 13.6. The molecular weight excluding hydrogens is 364 g/mol. The van der Waals surface area contributed by atoms with E-state index in [2.05, 4.69) is 22.6 Å². The molecule has 19 heavy (non-hydrogen) atoms. The average molecular weight is 373 g/mol. The smallest absolute Gasteiger partial charge is 0.338 e. The van der Waals surface area contributed by atoms with E-state index in [1.165, 1.54) is 0 Å². The molecule has 0 unspecified atom stereocenters. The SMILES string of the molecule is Nc1cc(C(=O)O)c(F)cc1Oc1ccccc1I. The average Bonchev–Trinajstić information content (AvgIpc) is 2.35. The quantitative estimate of drug-likeness (QED) is 0.638. The van der Waals surface area contributed by atoms with Crippen molar-refractivity contribution in [2.24, 2.45) is 0 Å². The van der Waals surface area contributed by atoms with E-state index >= 15 is 0 Å². The lowest BCUT2D eigenvalue weighted by Gasteiger charge is -2.11. The van der Waals surface area contributed by atoms with Gasteiger partial charge in [0.25, 0.3) is 0 Å². The number of benzene rings is 2. The maximum absolute atomic E-state index is 13.6. The summed E-state index contributed by atoms with van der Waals surface area (Å²) >= 11 is 2.07. The van der Waals surface area contributed by atoms with Crippen LogP contribution >= 0.6 is 22.6 Å². The minimum Gasteiger partial charge on any atom is -0.478 e. The van der Waals surface area contributed by atoms with Gasteiger partial charge in [-0.05, 0) is 40.8 Å². The predicted octanol–water partition coefficient (Wildman–Crippen LogP) is 3.50. The molecule has 98 valence electrons. The van der Waals surface area contributed by atoms with E-state index in [1.807, 2.05) is 12.1 Å². The highest BCUT2D eigenvalue weighted by Crippen LogP contribution is 2.32. The van der Waals surface area contributed by atoms with Gasteiger partial charge in [-0.3, -0.25) is 0 Å². The molecular formula is C13H9FINO3. The van der Waals surface area contributed by atoms with E-state index in [4.69, 9.17) is 15.6 Å². The number of halogens is 2. The van der Waals surface area contributed by atoms with Gasteiger partial charge in [0.05, 0.1) is 14.8 Å². The number of carbonyl (C=O) groups is 1. The van der Waals surface area contributed by atoms with Crippen LogP contribution in [0, 0.1) is 9.39 Å². The molecule has 0 aliphatic rings. The molecule has 2 aromatic carbocycles. The summed E-state index contributed by atoms with van der Waals surface area (Å²) in [7, 11) is 0. The van der Waals surface area contributed by atoms with Gasteiger partial charge in [-0.15, -0.1) is 0 Å².